The highest BCUT2D eigenvalue weighted by Gasteiger charge is 2.19. The number of benzene rings is 3. The van der Waals surface area contributed by atoms with E-state index in [-0.39, 0.29) is 5.82 Å². The van der Waals surface area contributed by atoms with E-state index in [0.717, 1.165) is 23.8 Å². The molecule has 0 saturated carbocycles. The smallest absolute Gasteiger partial charge is 0.249 e. The summed E-state index contributed by atoms with van der Waals surface area (Å²) in [6.45, 7) is 0. The number of hydrogen-bond acceptors (Lipinski definition) is 1. The molecule has 2 N–H and O–H groups in total. The standard InChI is InChI=1S/C19H14FNO/c20-13-7-9-16(19(21)22)17(10-13)14-8-6-12-5-4-11-2-1-3-15(14)18(11)12/h1-3,6-10H,4-5H2,(H2,21,22). The Morgan fingerprint density at radius 2 is 1.73 bits per heavy atom. The summed E-state index contributed by atoms with van der Waals surface area (Å²) in [4.78, 5) is 11.7. The minimum atomic E-state index is -0.543. The van der Waals surface area contributed by atoms with Crippen LogP contribution >= 0.6 is 0 Å². The molecular formula is C19H14FNO. The fourth-order valence-electron chi connectivity index (χ4n) is 3.44. The Balaban J connectivity index is 2.09. The van der Waals surface area contributed by atoms with E-state index in [4.69, 9.17) is 5.73 Å². The first-order valence-electron chi connectivity index (χ1n) is 7.28. The summed E-state index contributed by atoms with van der Waals surface area (Å²) in [5, 5.41) is 2.29. The Labute approximate surface area is 127 Å². The van der Waals surface area contributed by atoms with Crippen LogP contribution in [-0.2, 0) is 12.8 Å². The molecule has 2 nitrogen and oxygen atoms in total. The van der Waals surface area contributed by atoms with Gasteiger partial charge in [-0.2, -0.15) is 0 Å². The van der Waals surface area contributed by atoms with Crippen molar-refractivity contribution in [2.45, 2.75) is 12.8 Å². The molecule has 0 bridgehead atoms. The third-order valence-corrected chi connectivity index (χ3v) is 4.41. The zero-order valence-corrected chi connectivity index (χ0v) is 11.9. The zero-order chi connectivity index (χ0) is 15.3. The van der Waals surface area contributed by atoms with E-state index in [9.17, 15) is 9.18 Å². The van der Waals surface area contributed by atoms with Gasteiger partial charge in [0.15, 0.2) is 0 Å². The van der Waals surface area contributed by atoms with Crippen LogP contribution in [0.2, 0.25) is 0 Å². The SMILES string of the molecule is NC(=O)c1ccc(F)cc1-c1ccc2c3c(cccc13)CC2. The Morgan fingerprint density at radius 1 is 0.955 bits per heavy atom. The van der Waals surface area contributed by atoms with E-state index in [1.807, 2.05) is 18.2 Å². The predicted molar refractivity (Wildman–Crippen MR) is 85.3 cm³/mol. The summed E-state index contributed by atoms with van der Waals surface area (Å²) in [6, 6.07) is 14.3. The number of carbonyl (C=O) groups excluding carboxylic acids is 1. The molecule has 22 heavy (non-hydrogen) atoms. The van der Waals surface area contributed by atoms with Crippen LogP contribution in [0.3, 0.4) is 0 Å². The Morgan fingerprint density at radius 3 is 2.50 bits per heavy atom. The largest absolute Gasteiger partial charge is 0.366 e. The van der Waals surface area contributed by atoms with Crippen molar-refractivity contribution in [3.8, 4) is 11.1 Å². The molecule has 1 aliphatic rings. The number of aryl methyl sites for hydroxylation is 2. The van der Waals surface area contributed by atoms with E-state index in [2.05, 4.69) is 12.1 Å². The molecule has 0 unspecified atom stereocenters. The third kappa shape index (κ3) is 1.82. The molecule has 0 radical (unpaired) electrons. The lowest BCUT2D eigenvalue weighted by Gasteiger charge is -2.12. The highest BCUT2D eigenvalue weighted by atomic mass is 19.1. The van der Waals surface area contributed by atoms with Crippen molar-refractivity contribution >= 4 is 16.7 Å². The van der Waals surface area contributed by atoms with Crippen LogP contribution in [0.15, 0.2) is 48.5 Å². The van der Waals surface area contributed by atoms with Crippen molar-refractivity contribution < 1.29 is 9.18 Å². The van der Waals surface area contributed by atoms with Crippen molar-refractivity contribution in [1.82, 2.24) is 0 Å². The molecule has 1 aliphatic carbocycles. The van der Waals surface area contributed by atoms with Gasteiger partial charge in [-0.3, -0.25) is 4.79 Å². The van der Waals surface area contributed by atoms with Gasteiger partial charge in [-0.25, -0.2) is 4.39 Å². The van der Waals surface area contributed by atoms with Crippen LogP contribution in [0.25, 0.3) is 21.9 Å². The minimum Gasteiger partial charge on any atom is -0.366 e. The summed E-state index contributed by atoms with van der Waals surface area (Å²) in [7, 11) is 0. The van der Waals surface area contributed by atoms with Crippen molar-refractivity contribution in [1.29, 1.82) is 0 Å². The van der Waals surface area contributed by atoms with Gasteiger partial charge in [0, 0.05) is 5.56 Å². The predicted octanol–water partition coefficient (Wildman–Crippen LogP) is 3.84. The lowest BCUT2D eigenvalue weighted by atomic mass is 9.92. The van der Waals surface area contributed by atoms with Crippen molar-refractivity contribution in [3.63, 3.8) is 0 Å². The summed E-state index contributed by atoms with van der Waals surface area (Å²) >= 11 is 0. The first-order chi connectivity index (χ1) is 10.6. The normalized spacial score (nSPS) is 12.8. The Hall–Kier alpha value is -2.68. The highest BCUT2D eigenvalue weighted by molar-refractivity contribution is 6.07. The van der Waals surface area contributed by atoms with Gasteiger partial charge in [-0.15, -0.1) is 0 Å². The minimum absolute atomic E-state index is 0.347. The van der Waals surface area contributed by atoms with Gasteiger partial charge in [0.2, 0.25) is 5.91 Å². The van der Waals surface area contributed by atoms with Crippen molar-refractivity contribution in [2.75, 3.05) is 0 Å². The van der Waals surface area contributed by atoms with Crippen molar-refractivity contribution in [2.24, 2.45) is 5.73 Å². The van der Waals surface area contributed by atoms with Crippen LogP contribution < -0.4 is 5.73 Å². The quantitative estimate of drug-likeness (QED) is 0.766. The highest BCUT2D eigenvalue weighted by Crippen LogP contribution is 2.38. The maximum absolute atomic E-state index is 13.7. The summed E-state index contributed by atoms with van der Waals surface area (Å²) in [5.74, 6) is -0.915. The number of rotatable bonds is 2. The molecule has 0 spiro atoms. The summed E-state index contributed by atoms with van der Waals surface area (Å²) in [5.41, 5.74) is 9.84. The van der Waals surface area contributed by atoms with Gasteiger partial charge >= 0.3 is 0 Å². The van der Waals surface area contributed by atoms with E-state index < -0.39 is 5.91 Å². The Kier molecular flexibility index (Phi) is 2.76. The van der Waals surface area contributed by atoms with E-state index in [0.29, 0.717) is 11.1 Å². The molecule has 3 aromatic rings. The third-order valence-electron chi connectivity index (χ3n) is 4.41. The second-order valence-electron chi connectivity index (χ2n) is 5.67. The monoisotopic (exact) mass is 291 g/mol. The number of nitrogens with two attached hydrogens (primary N) is 1. The van der Waals surface area contributed by atoms with Gasteiger partial charge < -0.3 is 5.73 Å². The number of amides is 1. The van der Waals surface area contributed by atoms with E-state index in [1.54, 1.807) is 0 Å². The second kappa shape index (κ2) is 4.67. The number of primary amides is 1. The van der Waals surface area contributed by atoms with Crippen LogP contribution in [0.5, 0.6) is 0 Å². The number of carbonyl (C=O) groups is 1. The molecule has 0 heterocycles. The molecule has 3 heteroatoms. The molecule has 0 saturated heterocycles. The number of halogens is 1. The fraction of sp³-hybridized carbons (Fsp3) is 0.105. The molecule has 3 aromatic carbocycles. The maximum atomic E-state index is 13.7. The van der Waals surface area contributed by atoms with Crippen LogP contribution in [0.4, 0.5) is 4.39 Å². The van der Waals surface area contributed by atoms with Crippen LogP contribution in [-0.4, -0.2) is 5.91 Å². The molecule has 0 aromatic heterocycles. The summed E-state index contributed by atoms with van der Waals surface area (Å²) < 4.78 is 13.7. The Bertz CT molecular complexity index is 920. The first-order valence-corrected chi connectivity index (χ1v) is 7.28. The first kappa shape index (κ1) is 13.0. The maximum Gasteiger partial charge on any atom is 0.249 e. The molecular weight excluding hydrogens is 277 g/mol. The second-order valence-corrected chi connectivity index (χ2v) is 5.67. The molecule has 0 fully saturated rings. The molecule has 108 valence electrons. The average molecular weight is 291 g/mol. The topological polar surface area (TPSA) is 43.1 Å². The average Bonchev–Trinajstić information content (AvgIpc) is 2.93. The van der Waals surface area contributed by atoms with Gasteiger partial charge in [0.1, 0.15) is 5.82 Å². The van der Waals surface area contributed by atoms with E-state index in [1.165, 1.54) is 34.7 Å². The van der Waals surface area contributed by atoms with Gasteiger partial charge in [0.25, 0.3) is 0 Å². The molecule has 1 amide bonds. The molecule has 0 aliphatic heterocycles. The summed E-state index contributed by atoms with van der Waals surface area (Å²) in [6.07, 6.45) is 2.06. The zero-order valence-electron chi connectivity index (χ0n) is 11.9. The van der Waals surface area contributed by atoms with Crippen LogP contribution in [0.1, 0.15) is 21.5 Å². The van der Waals surface area contributed by atoms with Crippen molar-refractivity contribution in [3.05, 3.63) is 71.0 Å². The van der Waals surface area contributed by atoms with Crippen LogP contribution in [0, 0.1) is 5.82 Å². The van der Waals surface area contributed by atoms with Gasteiger partial charge in [-0.1, -0.05) is 30.3 Å². The molecule has 0 atom stereocenters. The van der Waals surface area contributed by atoms with Gasteiger partial charge in [-0.05, 0) is 64.1 Å². The number of hydrogen-bond donors (Lipinski definition) is 1. The lowest BCUT2D eigenvalue weighted by molar-refractivity contribution is 0.100. The molecule has 4 rings (SSSR count). The fourth-order valence-corrected chi connectivity index (χ4v) is 3.44. The van der Waals surface area contributed by atoms with E-state index >= 15 is 0 Å². The lowest BCUT2D eigenvalue weighted by Crippen LogP contribution is -2.12. The van der Waals surface area contributed by atoms with Gasteiger partial charge in [0.05, 0.1) is 0 Å².